The first-order chi connectivity index (χ1) is 10.6. The van der Waals surface area contributed by atoms with Crippen molar-refractivity contribution < 1.29 is 9.53 Å². The minimum absolute atomic E-state index is 0. The lowest BCUT2D eigenvalue weighted by atomic mass is 10.2. The molecule has 0 aliphatic heterocycles. The molecule has 1 aromatic carbocycles. The molecule has 0 atom stereocenters. The Morgan fingerprint density at radius 1 is 1.25 bits per heavy atom. The van der Waals surface area contributed by atoms with Crippen molar-refractivity contribution >= 4 is 30.7 Å². The number of nitrogens with one attached hydrogen (secondary N) is 1. The Bertz CT molecular complexity index is 506. The van der Waals surface area contributed by atoms with Crippen LogP contribution >= 0.6 is 24.8 Å². The number of halogens is 2. The standard InChI is InChI=1S/C17H27N3O2.2ClH/c1-3-20(4-2)11-12-22-15-8-6-5-7-14(15)13-19-16(21)17(18)9-10-17;;/h5-8H,3-4,9-13,18H2,1-2H3,(H,19,21);2*1H. The van der Waals surface area contributed by atoms with Crippen molar-refractivity contribution in [1.29, 1.82) is 0 Å². The van der Waals surface area contributed by atoms with Gasteiger partial charge in [0.1, 0.15) is 12.4 Å². The van der Waals surface area contributed by atoms with Crippen LogP contribution < -0.4 is 15.8 Å². The Kier molecular flexibility index (Phi) is 10.3. The highest BCUT2D eigenvalue weighted by atomic mass is 35.5. The molecule has 1 aliphatic rings. The monoisotopic (exact) mass is 377 g/mol. The molecule has 1 aliphatic carbocycles. The quantitative estimate of drug-likeness (QED) is 0.692. The van der Waals surface area contributed by atoms with E-state index < -0.39 is 5.54 Å². The van der Waals surface area contributed by atoms with Gasteiger partial charge in [-0.1, -0.05) is 32.0 Å². The first-order valence-electron chi connectivity index (χ1n) is 8.09. The highest BCUT2D eigenvalue weighted by molar-refractivity contribution is 5.88. The van der Waals surface area contributed by atoms with E-state index in [1.807, 2.05) is 24.3 Å². The fraction of sp³-hybridized carbons (Fsp3) is 0.588. The largest absolute Gasteiger partial charge is 0.492 e. The van der Waals surface area contributed by atoms with Gasteiger partial charge in [0.25, 0.3) is 0 Å². The summed E-state index contributed by atoms with van der Waals surface area (Å²) in [5.74, 6) is 0.766. The van der Waals surface area contributed by atoms with Crippen LogP contribution in [0, 0.1) is 0 Å². The first-order valence-corrected chi connectivity index (χ1v) is 8.09. The molecule has 0 bridgehead atoms. The van der Waals surface area contributed by atoms with Crippen molar-refractivity contribution in [3.63, 3.8) is 0 Å². The summed E-state index contributed by atoms with van der Waals surface area (Å²) in [6, 6.07) is 7.82. The zero-order chi connectivity index (χ0) is 16.0. The molecule has 7 heteroatoms. The van der Waals surface area contributed by atoms with Gasteiger partial charge in [0.2, 0.25) is 5.91 Å². The molecule has 0 spiro atoms. The van der Waals surface area contributed by atoms with E-state index in [4.69, 9.17) is 10.5 Å². The number of hydrogen-bond donors (Lipinski definition) is 2. The molecule has 1 saturated carbocycles. The topological polar surface area (TPSA) is 67.6 Å². The van der Waals surface area contributed by atoms with Crippen LogP contribution in [-0.2, 0) is 11.3 Å². The molecular weight excluding hydrogens is 349 g/mol. The van der Waals surface area contributed by atoms with Gasteiger partial charge in [-0.2, -0.15) is 0 Å². The second-order valence-electron chi connectivity index (χ2n) is 5.82. The van der Waals surface area contributed by atoms with Gasteiger partial charge in [-0.25, -0.2) is 0 Å². The Morgan fingerprint density at radius 2 is 1.88 bits per heavy atom. The van der Waals surface area contributed by atoms with Crippen LogP contribution in [0.1, 0.15) is 32.3 Å². The van der Waals surface area contributed by atoms with E-state index in [2.05, 4.69) is 24.1 Å². The molecular formula is C17H29Cl2N3O2. The van der Waals surface area contributed by atoms with Crippen molar-refractivity contribution in [3.8, 4) is 5.75 Å². The van der Waals surface area contributed by atoms with E-state index in [0.29, 0.717) is 13.2 Å². The van der Waals surface area contributed by atoms with Gasteiger partial charge in [-0.3, -0.25) is 4.79 Å². The maximum absolute atomic E-state index is 11.9. The number of hydrogen-bond acceptors (Lipinski definition) is 4. The lowest BCUT2D eigenvalue weighted by Gasteiger charge is -2.19. The summed E-state index contributed by atoms with van der Waals surface area (Å²) in [6.07, 6.45) is 1.56. The number of benzene rings is 1. The molecule has 0 radical (unpaired) electrons. The lowest BCUT2D eigenvalue weighted by Crippen LogP contribution is -2.42. The smallest absolute Gasteiger partial charge is 0.240 e. The maximum Gasteiger partial charge on any atom is 0.240 e. The van der Waals surface area contributed by atoms with E-state index in [1.165, 1.54) is 0 Å². The molecule has 138 valence electrons. The zero-order valence-electron chi connectivity index (χ0n) is 14.4. The van der Waals surface area contributed by atoms with Gasteiger partial charge in [0.15, 0.2) is 0 Å². The minimum Gasteiger partial charge on any atom is -0.492 e. The second kappa shape index (κ2) is 10.8. The summed E-state index contributed by atoms with van der Waals surface area (Å²) < 4.78 is 5.88. The normalized spacial score (nSPS) is 14.3. The number of carbonyl (C=O) groups excluding carboxylic acids is 1. The minimum atomic E-state index is -0.626. The van der Waals surface area contributed by atoms with Crippen LogP contribution in [0.3, 0.4) is 0 Å². The van der Waals surface area contributed by atoms with E-state index in [9.17, 15) is 4.79 Å². The van der Waals surface area contributed by atoms with Crippen LogP contribution in [0.15, 0.2) is 24.3 Å². The van der Waals surface area contributed by atoms with E-state index in [-0.39, 0.29) is 30.7 Å². The number of nitrogens with two attached hydrogens (primary N) is 1. The lowest BCUT2D eigenvalue weighted by molar-refractivity contribution is -0.123. The van der Waals surface area contributed by atoms with Gasteiger partial charge in [-0.05, 0) is 32.0 Å². The van der Waals surface area contributed by atoms with E-state index >= 15 is 0 Å². The fourth-order valence-corrected chi connectivity index (χ4v) is 2.33. The zero-order valence-corrected chi connectivity index (χ0v) is 16.0. The molecule has 0 saturated heterocycles. The molecule has 3 N–H and O–H groups in total. The highest BCUT2D eigenvalue weighted by Gasteiger charge is 2.45. The highest BCUT2D eigenvalue weighted by Crippen LogP contribution is 2.32. The number of para-hydroxylation sites is 1. The van der Waals surface area contributed by atoms with E-state index in [0.717, 1.165) is 43.8 Å². The molecule has 1 aromatic rings. The summed E-state index contributed by atoms with van der Waals surface area (Å²) in [5.41, 5.74) is 6.25. The predicted molar refractivity (Wildman–Crippen MR) is 102 cm³/mol. The summed E-state index contributed by atoms with van der Waals surface area (Å²) in [4.78, 5) is 14.2. The maximum atomic E-state index is 11.9. The third kappa shape index (κ3) is 6.48. The van der Waals surface area contributed by atoms with Crippen molar-refractivity contribution in [1.82, 2.24) is 10.2 Å². The van der Waals surface area contributed by atoms with Gasteiger partial charge >= 0.3 is 0 Å². The molecule has 24 heavy (non-hydrogen) atoms. The van der Waals surface area contributed by atoms with Crippen molar-refractivity contribution in [2.45, 2.75) is 38.8 Å². The van der Waals surface area contributed by atoms with Gasteiger partial charge in [0.05, 0.1) is 5.54 Å². The number of likely N-dealkylation sites (N-methyl/N-ethyl adjacent to an activating group) is 1. The number of nitrogens with zero attached hydrogens (tertiary/aromatic N) is 1. The SMILES string of the molecule is CCN(CC)CCOc1ccccc1CNC(=O)C1(N)CC1.Cl.Cl. The van der Waals surface area contributed by atoms with Crippen LogP contribution in [0.5, 0.6) is 5.75 Å². The second-order valence-corrected chi connectivity index (χ2v) is 5.82. The summed E-state index contributed by atoms with van der Waals surface area (Å²) in [6.45, 7) is 8.35. The molecule has 0 unspecified atom stereocenters. The van der Waals surface area contributed by atoms with Crippen LogP contribution in [0.25, 0.3) is 0 Å². The molecule has 1 fully saturated rings. The van der Waals surface area contributed by atoms with Crippen molar-refractivity contribution in [3.05, 3.63) is 29.8 Å². The Labute approximate surface area is 157 Å². The number of carbonyl (C=O) groups is 1. The third-order valence-electron chi connectivity index (χ3n) is 4.21. The van der Waals surface area contributed by atoms with Crippen LogP contribution in [-0.4, -0.2) is 42.6 Å². The summed E-state index contributed by atoms with van der Waals surface area (Å²) in [5, 5.41) is 2.91. The van der Waals surface area contributed by atoms with Gasteiger partial charge in [0, 0.05) is 18.7 Å². The number of amides is 1. The average Bonchev–Trinajstić information content (AvgIpc) is 3.29. The van der Waals surface area contributed by atoms with Crippen LogP contribution in [0.4, 0.5) is 0 Å². The summed E-state index contributed by atoms with van der Waals surface area (Å²) in [7, 11) is 0. The fourth-order valence-electron chi connectivity index (χ4n) is 2.33. The first kappa shape index (κ1) is 23.0. The third-order valence-corrected chi connectivity index (χ3v) is 4.21. The Hall–Kier alpha value is -1.01. The molecule has 0 heterocycles. The van der Waals surface area contributed by atoms with Crippen molar-refractivity contribution in [2.75, 3.05) is 26.2 Å². The molecule has 5 nitrogen and oxygen atoms in total. The predicted octanol–water partition coefficient (Wildman–Crippen LogP) is 2.36. The number of rotatable bonds is 9. The summed E-state index contributed by atoms with van der Waals surface area (Å²) >= 11 is 0. The van der Waals surface area contributed by atoms with Gasteiger partial charge < -0.3 is 20.7 Å². The van der Waals surface area contributed by atoms with Gasteiger partial charge in [-0.15, -0.1) is 24.8 Å². The van der Waals surface area contributed by atoms with E-state index in [1.54, 1.807) is 0 Å². The molecule has 1 amide bonds. The molecule has 0 aromatic heterocycles. The average molecular weight is 378 g/mol. The number of ether oxygens (including phenoxy) is 1. The van der Waals surface area contributed by atoms with Crippen molar-refractivity contribution in [2.24, 2.45) is 5.73 Å². The molecule has 2 rings (SSSR count). The Morgan fingerprint density at radius 3 is 2.46 bits per heavy atom. The Balaban J connectivity index is 0.00000264. The van der Waals surface area contributed by atoms with Crippen LogP contribution in [0.2, 0.25) is 0 Å².